The first-order chi connectivity index (χ1) is 7.55. The average molecular weight is 265 g/mol. The summed E-state index contributed by atoms with van der Waals surface area (Å²) in [5.74, 6) is 3.68. The lowest BCUT2D eigenvalue weighted by atomic mass is 9.66. The molecule has 0 aromatic carbocycles. The van der Waals surface area contributed by atoms with Crippen molar-refractivity contribution in [2.75, 3.05) is 11.8 Å². The van der Waals surface area contributed by atoms with Crippen LogP contribution in [0.15, 0.2) is 0 Å². The minimum atomic E-state index is 0.516. The van der Waals surface area contributed by atoms with Crippen LogP contribution in [0.1, 0.15) is 52.9 Å². The van der Waals surface area contributed by atoms with Crippen LogP contribution >= 0.6 is 23.2 Å². The summed E-state index contributed by atoms with van der Waals surface area (Å²) in [7, 11) is 0. The normalized spacial score (nSPS) is 27.4. The van der Waals surface area contributed by atoms with Gasteiger partial charge in [-0.2, -0.15) is 0 Å². The van der Waals surface area contributed by atoms with Crippen molar-refractivity contribution in [3.05, 3.63) is 0 Å². The molecule has 0 atom stereocenters. The number of hydrogen-bond acceptors (Lipinski definition) is 0. The molecule has 0 amide bonds. The van der Waals surface area contributed by atoms with Gasteiger partial charge in [0.25, 0.3) is 0 Å². The maximum Gasteiger partial charge on any atom is 0.0265 e. The Morgan fingerprint density at radius 3 is 1.94 bits per heavy atom. The molecule has 0 radical (unpaired) electrons. The highest BCUT2D eigenvalue weighted by Crippen LogP contribution is 2.44. The van der Waals surface area contributed by atoms with Gasteiger partial charge in [-0.05, 0) is 48.9 Å². The Morgan fingerprint density at radius 2 is 1.56 bits per heavy atom. The van der Waals surface area contributed by atoms with Crippen LogP contribution in [0, 0.1) is 23.2 Å². The van der Waals surface area contributed by atoms with Gasteiger partial charge < -0.3 is 0 Å². The van der Waals surface area contributed by atoms with Crippen molar-refractivity contribution in [2.45, 2.75) is 52.9 Å². The van der Waals surface area contributed by atoms with Crippen molar-refractivity contribution >= 4 is 23.2 Å². The first-order valence-electron chi connectivity index (χ1n) is 6.67. The van der Waals surface area contributed by atoms with E-state index < -0.39 is 0 Å². The monoisotopic (exact) mass is 264 g/mol. The van der Waals surface area contributed by atoms with Crippen LogP contribution in [0.25, 0.3) is 0 Å². The topological polar surface area (TPSA) is 0 Å². The van der Waals surface area contributed by atoms with Gasteiger partial charge >= 0.3 is 0 Å². The Labute approximate surface area is 111 Å². The molecule has 0 unspecified atom stereocenters. The van der Waals surface area contributed by atoms with E-state index in [0.29, 0.717) is 11.3 Å². The van der Waals surface area contributed by atoms with Crippen molar-refractivity contribution < 1.29 is 0 Å². The first-order valence-corrected chi connectivity index (χ1v) is 7.74. The van der Waals surface area contributed by atoms with Gasteiger partial charge in [0, 0.05) is 11.8 Å². The van der Waals surface area contributed by atoms with Gasteiger partial charge in [-0.3, -0.25) is 0 Å². The maximum absolute atomic E-state index is 5.97. The highest BCUT2D eigenvalue weighted by atomic mass is 35.5. The van der Waals surface area contributed by atoms with Crippen LogP contribution in [0.4, 0.5) is 0 Å². The summed E-state index contributed by atoms with van der Waals surface area (Å²) in [6.45, 7) is 7.14. The van der Waals surface area contributed by atoms with E-state index in [2.05, 4.69) is 20.8 Å². The predicted molar refractivity (Wildman–Crippen MR) is 74.5 cm³/mol. The van der Waals surface area contributed by atoms with E-state index in [4.69, 9.17) is 23.2 Å². The van der Waals surface area contributed by atoms with Gasteiger partial charge in [0.1, 0.15) is 0 Å². The molecule has 0 aromatic heterocycles. The quantitative estimate of drug-likeness (QED) is 0.590. The zero-order chi connectivity index (χ0) is 12.2. The van der Waals surface area contributed by atoms with Crippen molar-refractivity contribution in [3.63, 3.8) is 0 Å². The van der Waals surface area contributed by atoms with Crippen LogP contribution in [0.2, 0.25) is 0 Å². The lowest BCUT2D eigenvalue weighted by molar-refractivity contribution is 0.115. The Balaban J connectivity index is 2.45. The van der Waals surface area contributed by atoms with Crippen molar-refractivity contribution in [3.8, 4) is 0 Å². The molecule has 2 heteroatoms. The summed E-state index contributed by atoms with van der Waals surface area (Å²) in [6.07, 6.45) is 6.69. The summed E-state index contributed by atoms with van der Waals surface area (Å²) in [5, 5.41) is 0. The van der Waals surface area contributed by atoms with Gasteiger partial charge in [0.2, 0.25) is 0 Å². The van der Waals surface area contributed by atoms with Crippen LogP contribution in [0.5, 0.6) is 0 Å². The number of halogens is 2. The minimum Gasteiger partial charge on any atom is -0.126 e. The smallest absolute Gasteiger partial charge is 0.0265 e. The summed E-state index contributed by atoms with van der Waals surface area (Å²) in [4.78, 5) is 0. The Bertz CT molecular complexity index is 189. The molecule has 1 aliphatic rings. The molecule has 1 fully saturated rings. The molecule has 1 aliphatic carbocycles. The second-order valence-corrected chi connectivity index (χ2v) is 6.64. The van der Waals surface area contributed by atoms with E-state index in [1.807, 2.05) is 0 Å². The summed E-state index contributed by atoms with van der Waals surface area (Å²) in [5.41, 5.74) is 0.516. The lowest BCUT2D eigenvalue weighted by Crippen LogP contribution is -2.31. The fourth-order valence-electron chi connectivity index (χ4n) is 2.95. The number of hydrogen-bond donors (Lipinski definition) is 0. The van der Waals surface area contributed by atoms with Crippen LogP contribution in [-0.4, -0.2) is 11.8 Å². The first kappa shape index (κ1) is 14.6. The summed E-state index contributed by atoms with van der Waals surface area (Å²) < 4.78 is 0. The number of rotatable bonds is 5. The van der Waals surface area contributed by atoms with Crippen LogP contribution in [-0.2, 0) is 0 Å². The largest absolute Gasteiger partial charge is 0.126 e. The zero-order valence-electron chi connectivity index (χ0n) is 10.9. The summed E-state index contributed by atoms with van der Waals surface area (Å²) in [6, 6.07) is 0. The van der Waals surface area contributed by atoms with Gasteiger partial charge in [-0.25, -0.2) is 0 Å². The van der Waals surface area contributed by atoms with E-state index in [9.17, 15) is 0 Å². The summed E-state index contributed by atoms with van der Waals surface area (Å²) >= 11 is 11.9. The van der Waals surface area contributed by atoms with Crippen LogP contribution < -0.4 is 0 Å². The molecular formula is C14H26Cl2. The van der Waals surface area contributed by atoms with Gasteiger partial charge in [-0.15, -0.1) is 23.2 Å². The Kier molecular flexibility index (Phi) is 5.94. The van der Waals surface area contributed by atoms with Crippen molar-refractivity contribution in [1.29, 1.82) is 0 Å². The van der Waals surface area contributed by atoms with E-state index in [1.165, 1.54) is 32.1 Å². The third-order valence-corrected chi connectivity index (χ3v) is 5.64. The molecule has 0 aromatic rings. The molecule has 0 bridgehead atoms. The van der Waals surface area contributed by atoms with E-state index in [0.717, 1.165) is 23.6 Å². The molecule has 1 rings (SSSR count). The molecule has 0 saturated heterocycles. The number of alkyl halides is 2. The van der Waals surface area contributed by atoms with Crippen LogP contribution in [0.3, 0.4) is 0 Å². The fraction of sp³-hybridized carbons (Fsp3) is 1.00. The molecule has 1 saturated carbocycles. The van der Waals surface area contributed by atoms with Gasteiger partial charge in [-0.1, -0.05) is 27.2 Å². The van der Waals surface area contributed by atoms with E-state index in [-0.39, 0.29) is 0 Å². The second kappa shape index (κ2) is 6.50. The SMILES string of the molecule is CCC(C)(C)C1CCC(C(CCl)CCl)CC1. The van der Waals surface area contributed by atoms with Gasteiger partial charge in [0.05, 0.1) is 0 Å². The minimum absolute atomic E-state index is 0.516. The fourth-order valence-corrected chi connectivity index (χ4v) is 3.79. The molecule has 0 aliphatic heterocycles. The second-order valence-electron chi connectivity index (χ2n) is 6.02. The lowest BCUT2D eigenvalue weighted by Gasteiger charge is -2.40. The van der Waals surface area contributed by atoms with E-state index >= 15 is 0 Å². The van der Waals surface area contributed by atoms with E-state index in [1.54, 1.807) is 0 Å². The predicted octanol–water partition coefficient (Wildman–Crippen LogP) is 5.32. The molecule has 16 heavy (non-hydrogen) atoms. The third kappa shape index (κ3) is 3.53. The molecular weight excluding hydrogens is 239 g/mol. The standard InChI is InChI=1S/C14H26Cl2/c1-4-14(2,3)13-7-5-11(6-8-13)12(9-15)10-16/h11-13H,4-10H2,1-3H3. The third-order valence-electron chi connectivity index (χ3n) is 4.85. The average Bonchev–Trinajstić information content (AvgIpc) is 2.31. The van der Waals surface area contributed by atoms with Crippen molar-refractivity contribution in [2.24, 2.45) is 23.2 Å². The molecule has 0 nitrogen and oxygen atoms in total. The highest BCUT2D eigenvalue weighted by molar-refractivity contribution is 6.20. The molecule has 0 heterocycles. The molecule has 0 N–H and O–H groups in total. The Morgan fingerprint density at radius 1 is 1.06 bits per heavy atom. The molecule has 0 spiro atoms. The molecule has 96 valence electrons. The maximum atomic E-state index is 5.97. The van der Waals surface area contributed by atoms with Crippen molar-refractivity contribution in [1.82, 2.24) is 0 Å². The highest BCUT2D eigenvalue weighted by Gasteiger charge is 2.33. The van der Waals surface area contributed by atoms with Gasteiger partial charge in [0.15, 0.2) is 0 Å². The Hall–Kier alpha value is 0.580. The zero-order valence-corrected chi connectivity index (χ0v) is 12.4.